The Morgan fingerprint density at radius 1 is 1.32 bits per heavy atom. The molecule has 2 N–H and O–H groups in total. The Hall–Kier alpha value is -0.970. The second-order valence-corrected chi connectivity index (χ2v) is 5.25. The first-order chi connectivity index (χ1) is 9.08. The van der Waals surface area contributed by atoms with Gasteiger partial charge in [-0.15, -0.1) is 0 Å². The van der Waals surface area contributed by atoms with Crippen molar-refractivity contribution in [2.75, 3.05) is 13.3 Å². The van der Waals surface area contributed by atoms with Crippen LogP contribution in [0.2, 0.25) is 5.02 Å². The van der Waals surface area contributed by atoms with Crippen LogP contribution < -0.4 is 14.8 Å². The molecule has 4 nitrogen and oxygen atoms in total. The molecule has 19 heavy (non-hydrogen) atoms. The van der Waals surface area contributed by atoms with Crippen LogP contribution in [0.25, 0.3) is 0 Å². The molecule has 1 aromatic rings. The Bertz CT molecular complexity index is 447. The summed E-state index contributed by atoms with van der Waals surface area (Å²) < 4.78 is 10.6. The van der Waals surface area contributed by atoms with E-state index in [-0.39, 0.29) is 6.79 Å². The quantitative estimate of drug-likeness (QED) is 0.844. The fraction of sp³-hybridized carbons (Fsp3) is 0.571. The van der Waals surface area contributed by atoms with Crippen molar-refractivity contribution in [1.82, 2.24) is 5.32 Å². The van der Waals surface area contributed by atoms with Gasteiger partial charge in [0.1, 0.15) is 0 Å². The molecule has 0 fully saturated rings. The third kappa shape index (κ3) is 3.32. The van der Waals surface area contributed by atoms with E-state index in [4.69, 9.17) is 21.1 Å². The van der Waals surface area contributed by atoms with Gasteiger partial charge in [-0.2, -0.15) is 0 Å². The normalized spacial score (nSPS) is 13.9. The van der Waals surface area contributed by atoms with E-state index in [0.29, 0.717) is 29.6 Å². The van der Waals surface area contributed by atoms with Gasteiger partial charge in [-0.1, -0.05) is 25.4 Å². The standard InChI is InChI=1S/C14H20ClNO3/c1-3-14(17,4-2)8-16-7-10-5-11(15)13-12(6-10)18-9-19-13/h5-6,16-17H,3-4,7-9H2,1-2H3. The van der Waals surface area contributed by atoms with Crippen molar-refractivity contribution in [2.24, 2.45) is 0 Å². The highest BCUT2D eigenvalue weighted by atomic mass is 35.5. The summed E-state index contributed by atoms with van der Waals surface area (Å²) in [4.78, 5) is 0. The van der Waals surface area contributed by atoms with E-state index in [1.807, 2.05) is 26.0 Å². The Morgan fingerprint density at radius 2 is 2.05 bits per heavy atom. The fourth-order valence-corrected chi connectivity index (χ4v) is 2.35. The van der Waals surface area contributed by atoms with Crippen LogP contribution >= 0.6 is 11.6 Å². The van der Waals surface area contributed by atoms with Gasteiger partial charge in [-0.3, -0.25) is 0 Å². The smallest absolute Gasteiger partial charge is 0.231 e. The number of halogens is 1. The molecule has 0 saturated carbocycles. The van der Waals surface area contributed by atoms with Gasteiger partial charge in [0, 0.05) is 13.1 Å². The first-order valence-corrected chi connectivity index (χ1v) is 6.97. The van der Waals surface area contributed by atoms with Crippen molar-refractivity contribution in [3.63, 3.8) is 0 Å². The molecule has 106 valence electrons. The molecule has 0 saturated heterocycles. The molecule has 0 atom stereocenters. The van der Waals surface area contributed by atoms with E-state index < -0.39 is 5.60 Å². The topological polar surface area (TPSA) is 50.7 Å². The van der Waals surface area contributed by atoms with Gasteiger partial charge in [0.15, 0.2) is 11.5 Å². The number of ether oxygens (including phenoxy) is 2. The monoisotopic (exact) mass is 285 g/mol. The maximum Gasteiger partial charge on any atom is 0.231 e. The summed E-state index contributed by atoms with van der Waals surface area (Å²) >= 11 is 6.12. The fourth-order valence-electron chi connectivity index (χ4n) is 2.06. The van der Waals surface area contributed by atoms with Crippen LogP contribution in [-0.2, 0) is 6.54 Å². The van der Waals surface area contributed by atoms with Gasteiger partial charge in [-0.25, -0.2) is 0 Å². The highest BCUT2D eigenvalue weighted by Gasteiger charge is 2.22. The van der Waals surface area contributed by atoms with Crippen molar-refractivity contribution < 1.29 is 14.6 Å². The predicted molar refractivity (Wildman–Crippen MR) is 74.8 cm³/mol. The van der Waals surface area contributed by atoms with E-state index in [1.165, 1.54) is 0 Å². The zero-order chi connectivity index (χ0) is 13.9. The minimum absolute atomic E-state index is 0.220. The van der Waals surface area contributed by atoms with Crippen molar-refractivity contribution in [3.05, 3.63) is 22.7 Å². The van der Waals surface area contributed by atoms with Crippen molar-refractivity contribution in [2.45, 2.75) is 38.8 Å². The maximum absolute atomic E-state index is 10.2. The molecule has 1 heterocycles. The number of hydrogen-bond donors (Lipinski definition) is 2. The summed E-state index contributed by atoms with van der Waals surface area (Å²) in [6, 6.07) is 3.77. The van der Waals surface area contributed by atoms with Crippen molar-refractivity contribution in [1.29, 1.82) is 0 Å². The largest absolute Gasteiger partial charge is 0.454 e. The zero-order valence-electron chi connectivity index (χ0n) is 11.3. The number of rotatable bonds is 6. The summed E-state index contributed by atoms with van der Waals surface area (Å²) in [6.07, 6.45) is 1.47. The average Bonchev–Trinajstić information content (AvgIpc) is 2.87. The Kier molecular flexibility index (Phi) is 4.55. The molecule has 0 amide bonds. The van der Waals surface area contributed by atoms with Gasteiger partial charge in [0.25, 0.3) is 0 Å². The van der Waals surface area contributed by atoms with E-state index in [2.05, 4.69) is 5.32 Å². The first kappa shape index (κ1) is 14.4. The Balaban J connectivity index is 1.95. The van der Waals surface area contributed by atoms with Gasteiger partial charge in [-0.05, 0) is 30.5 Å². The van der Waals surface area contributed by atoms with Crippen LogP contribution in [0.1, 0.15) is 32.3 Å². The van der Waals surface area contributed by atoms with Crippen LogP contribution in [0.5, 0.6) is 11.5 Å². The van der Waals surface area contributed by atoms with Gasteiger partial charge in [0.05, 0.1) is 10.6 Å². The lowest BCUT2D eigenvalue weighted by molar-refractivity contribution is 0.0323. The van der Waals surface area contributed by atoms with Crippen LogP contribution in [0.4, 0.5) is 0 Å². The summed E-state index contributed by atoms with van der Waals surface area (Å²) in [5.41, 5.74) is 0.379. The van der Waals surface area contributed by atoms with Crippen LogP contribution in [0.3, 0.4) is 0 Å². The average molecular weight is 286 g/mol. The molecule has 1 aromatic carbocycles. The van der Waals surface area contributed by atoms with Crippen molar-refractivity contribution in [3.8, 4) is 11.5 Å². The number of fused-ring (bicyclic) bond motifs is 1. The maximum atomic E-state index is 10.2. The molecule has 0 spiro atoms. The molecule has 0 unspecified atom stereocenters. The predicted octanol–water partition coefficient (Wildman–Crippen LogP) is 2.71. The molecule has 5 heteroatoms. The first-order valence-electron chi connectivity index (χ1n) is 6.59. The lowest BCUT2D eigenvalue weighted by Crippen LogP contribution is -2.39. The molecular weight excluding hydrogens is 266 g/mol. The second-order valence-electron chi connectivity index (χ2n) is 4.85. The molecule has 1 aliphatic rings. The molecule has 0 bridgehead atoms. The zero-order valence-corrected chi connectivity index (χ0v) is 12.1. The van der Waals surface area contributed by atoms with Gasteiger partial charge >= 0.3 is 0 Å². The van der Waals surface area contributed by atoms with Gasteiger partial charge in [0.2, 0.25) is 6.79 Å². The lowest BCUT2D eigenvalue weighted by Gasteiger charge is -2.25. The lowest BCUT2D eigenvalue weighted by atomic mass is 9.97. The van der Waals surface area contributed by atoms with E-state index in [1.54, 1.807) is 0 Å². The Labute approximate surface area is 118 Å². The second kappa shape index (κ2) is 5.99. The van der Waals surface area contributed by atoms with Crippen LogP contribution in [-0.4, -0.2) is 24.0 Å². The summed E-state index contributed by atoms with van der Waals surface area (Å²) in [5, 5.41) is 14.0. The van der Waals surface area contributed by atoms with E-state index in [0.717, 1.165) is 18.4 Å². The molecule has 1 aliphatic heterocycles. The number of hydrogen-bond acceptors (Lipinski definition) is 4. The molecule has 0 aliphatic carbocycles. The van der Waals surface area contributed by atoms with Crippen molar-refractivity contribution >= 4 is 11.6 Å². The minimum atomic E-state index is -0.639. The highest BCUT2D eigenvalue weighted by molar-refractivity contribution is 6.32. The minimum Gasteiger partial charge on any atom is -0.454 e. The van der Waals surface area contributed by atoms with Crippen LogP contribution in [0.15, 0.2) is 12.1 Å². The summed E-state index contributed by atoms with van der Waals surface area (Å²) in [7, 11) is 0. The number of aliphatic hydroxyl groups is 1. The summed E-state index contributed by atoms with van der Waals surface area (Å²) in [5.74, 6) is 1.30. The Morgan fingerprint density at radius 3 is 2.74 bits per heavy atom. The molecule has 0 aromatic heterocycles. The number of benzene rings is 1. The third-order valence-electron chi connectivity index (χ3n) is 3.59. The molecule has 2 rings (SSSR count). The molecule has 0 radical (unpaired) electrons. The SMILES string of the molecule is CCC(O)(CC)CNCc1cc(Cl)c2c(c1)OCO2. The third-order valence-corrected chi connectivity index (χ3v) is 3.87. The van der Waals surface area contributed by atoms with Crippen LogP contribution in [0, 0.1) is 0 Å². The van der Waals surface area contributed by atoms with Gasteiger partial charge < -0.3 is 19.9 Å². The summed E-state index contributed by atoms with van der Waals surface area (Å²) in [6.45, 7) is 5.40. The number of nitrogens with one attached hydrogen (secondary N) is 1. The highest BCUT2D eigenvalue weighted by Crippen LogP contribution is 2.39. The van der Waals surface area contributed by atoms with E-state index in [9.17, 15) is 5.11 Å². The van der Waals surface area contributed by atoms with E-state index >= 15 is 0 Å². The molecular formula is C14H20ClNO3.